The Morgan fingerprint density at radius 2 is 1.96 bits per heavy atom. The van der Waals surface area contributed by atoms with Gasteiger partial charge in [-0.1, -0.05) is 23.7 Å². The number of hydrogen-bond donors (Lipinski definition) is 1. The molecule has 1 N–H and O–H groups in total. The second-order valence-electron chi connectivity index (χ2n) is 4.95. The van der Waals surface area contributed by atoms with Crippen molar-refractivity contribution in [1.29, 1.82) is 0 Å². The average Bonchev–Trinajstić information content (AvgIpc) is 2.55. The van der Waals surface area contributed by atoms with Crippen molar-refractivity contribution >= 4 is 28.5 Å². The first-order valence-electron chi connectivity index (χ1n) is 7.16. The molecule has 23 heavy (non-hydrogen) atoms. The van der Waals surface area contributed by atoms with Gasteiger partial charge in [0.2, 0.25) is 0 Å². The fraction of sp³-hybridized carbons (Fsp3) is 0.111. The van der Waals surface area contributed by atoms with Crippen LogP contribution in [-0.2, 0) is 0 Å². The number of ether oxygens (including phenoxy) is 1. The molecule has 2 aromatic carbocycles. The minimum Gasteiger partial charge on any atom is -0.494 e. The summed E-state index contributed by atoms with van der Waals surface area (Å²) < 4.78 is 5.41. The number of aromatic carboxylic acids is 1. The largest absolute Gasteiger partial charge is 0.494 e. The lowest BCUT2D eigenvalue weighted by atomic mass is 10.0. The molecule has 0 amide bonds. The van der Waals surface area contributed by atoms with Crippen molar-refractivity contribution in [3.8, 4) is 17.0 Å². The minimum absolute atomic E-state index is 0.182. The van der Waals surface area contributed by atoms with Gasteiger partial charge < -0.3 is 9.84 Å². The first-order valence-corrected chi connectivity index (χ1v) is 7.53. The maximum absolute atomic E-state index is 11.6. The Morgan fingerprint density at radius 3 is 2.61 bits per heavy atom. The van der Waals surface area contributed by atoms with Crippen LogP contribution in [0.4, 0.5) is 0 Å². The van der Waals surface area contributed by atoms with Crippen LogP contribution in [0, 0.1) is 0 Å². The number of benzene rings is 2. The Hall–Kier alpha value is -2.59. The number of hydrogen-bond acceptors (Lipinski definition) is 3. The molecular weight excluding hydrogens is 314 g/mol. The molecule has 0 bridgehead atoms. The maximum atomic E-state index is 11.6. The number of rotatable bonds is 4. The van der Waals surface area contributed by atoms with E-state index >= 15 is 0 Å². The van der Waals surface area contributed by atoms with E-state index in [1.54, 1.807) is 24.3 Å². The standard InChI is InChI=1S/C18H14ClNO3/c1-2-23-12-8-6-11(7-9-12)16-10-14(18(21)22)13-4-3-5-15(19)17(13)20-16/h3-10H,2H2,1H3,(H,21,22). The Balaban J connectivity index is 2.17. The van der Waals surface area contributed by atoms with Crippen LogP contribution in [0.25, 0.3) is 22.2 Å². The molecule has 1 heterocycles. The number of halogens is 1. The number of nitrogens with zero attached hydrogens (tertiary/aromatic N) is 1. The molecule has 0 radical (unpaired) electrons. The second kappa shape index (κ2) is 6.26. The second-order valence-corrected chi connectivity index (χ2v) is 5.36. The van der Waals surface area contributed by atoms with Gasteiger partial charge in [-0.15, -0.1) is 0 Å². The maximum Gasteiger partial charge on any atom is 0.336 e. The first-order chi connectivity index (χ1) is 11.1. The Labute approximate surface area is 138 Å². The van der Waals surface area contributed by atoms with Crippen molar-refractivity contribution in [2.45, 2.75) is 6.92 Å². The summed E-state index contributed by atoms with van der Waals surface area (Å²) in [6.07, 6.45) is 0. The van der Waals surface area contributed by atoms with Crippen molar-refractivity contribution < 1.29 is 14.6 Å². The number of fused-ring (bicyclic) bond motifs is 1. The van der Waals surface area contributed by atoms with Gasteiger partial charge in [0.15, 0.2) is 0 Å². The molecule has 3 aromatic rings. The molecule has 3 rings (SSSR count). The van der Waals surface area contributed by atoms with Crippen LogP contribution in [-0.4, -0.2) is 22.7 Å². The quantitative estimate of drug-likeness (QED) is 0.757. The number of carbonyl (C=O) groups is 1. The number of carboxylic acids is 1. The third kappa shape index (κ3) is 2.98. The Bertz CT molecular complexity index is 875. The molecule has 4 nitrogen and oxygen atoms in total. The van der Waals surface area contributed by atoms with E-state index in [9.17, 15) is 9.90 Å². The number of carboxylic acid groups (broad SMARTS) is 1. The predicted octanol–water partition coefficient (Wildman–Crippen LogP) is 4.65. The topological polar surface area (TPSA) is 59.4 Å². The number of para-hydroxylation sites is 1. The van der Waals surface area contributed by atoms with Gasteiger partial charge in [0.05, 0.1) is 28.4 Å². The third-order valence-corrected chi connectivity index (χ3v) is 3.79. The third-order valence-electron chi connectivity index (χ3n) is 3.48. The molecule has 0 unspecified atom stereocenters. The lowest BCUT2D eigenvalue weighted by Crippen LogP contribution is -2.00. The van der Waals surface area contributed by atoms with E-state index in [0.29, 0.717) is 28.2 Å². The SMILES string of the molecule is CCOc1ccc(-c2cc(C(=O)O)c3cccc(Cl)c3n2)cc1. The summed E-state index contributed by atoms with van der Waals surface area (Å²) in [6, 6.07) is 14.1. The fourth-order valence-electron chi connectivity index (χ4n) is 2.43. The van der Waals surface area contributed by atoms with Gasteiger partial charge in [0, 0.05) is 10.9 Å². The monoisotopic (exact) mass is 327 g/mol. The minimum atomic E-state index is -1.01. The van der Waals surface area contributed by atoms with Crippen LogP contribution in [0.1, 0.15) is 17.3 Å². The fourth-order valence-corrected chi connectivity index (χ4v) is 2.64. The van der Waals surface area contributed by atoms with E-state index in [0.717, 1.165) is 11.3 Å². The van der Waals surface area contributed by atoms with Gasteiger partial charge >= 0.3 is 5.97 Å². The summed E-state index contributed by atoms with van der Waals surface area (Å²) in [4.78, 5) is 16.1. The van der Waals surface area contributed by atoms with Gasteiger partial charge in [0.25, 0.3) is 0 Å². The highest BCUT2D eigenvalue weighted by Crippen LogP contribution is 2.29. The van der Waals surface area contributed by atoms with Crippen molar-refractivity contribution in [1.82, 2.24) is 4.98 Å². The van der Waals surface area contributed by atoms with Gasteiger partial charge in [0.1, 0.15) is 5.75 Å². The molecule has 0 spiro atoms. The Kier molecular flexibility index (Phi) is 4.17. The zero-order valence-corrected chi connectivity index (χ0v) is 13.2. The summed E-state index contributed by atoms with van der Waals surface area (Å²) >= 11 is 6.18. The molecule has 1 aromatic heterocycles. The van der Waals surface area contributed by atoms with Crippen LogP contribution >= 0.6 is 11.6 Å². The normalized spacial score (nSPS) is 10.7. The van der Waals surface area contributed by atoms with Gasteiger partial charge in [-0.3, -0.25) is 0 Å². The van der Waals surface area contributed by atoms with Gasteiger partial charge in [-0.25, -0.2) is 9.78 Å². The zero-order valence-electron chi connectivity index (χ0n) is 12.4. The predicted molar refractivity (Wildman–Crippen MR) is 90.3 cm³/mol. The smallest absolute Gasteiger partial charge is 0.336 e. The molecule has 0 saturated carbocycles. The van der Waals surface area contributed by atoms with Crippen molar-refractivity contribution in [2.75, 3.05) is 6.61 Å². The van der Waals surface area contributed by atoms with E-state index in [-0.39, 0.29) is 5.56 Å². The van der Waals surface area contributed by atoms with E-state index in [1.807, 2.05) is 31.2 Å². The number of aromatic nitrogens is 1. The lowest BCUT2D eigenvalue weighted by molar-refractivity contribution is 0.0699. The van der Waals surface area contributed by atoms with Gasteiger partial charge in [-0.05, 0) is 43.3 Å². The lowest BCUT2D eigenvalue weighted by Gasteiger charge is -2.09. The van der Waals surface area contributed by atoms with Crippen LogP contribution in [0.15, 0.2) is 48.5 Å². The van der Waals surface area contributed by atoms with Crippen LogP contribution in [0.5, 0.6) is 5.75 Å². The van der Waals surface area contributed by atoms with Crippen molar-refractivity contribution in [2.24, 2.45) is 0 Å². The van der Waals surface area contributed by atoms with Crippen molar-refractivity contribution in [3.05, 3.63) is 59.1 Å². The molecule has 0 fully saturated rings. The summed E-state index contributed by atoms with van der Waals surface area (Å²) in [7, 11) is 0. The van der Waals surface area contributed by atoms with E-state index in [2.05, 4.69) is 4.98 Å². The summed E-state index contributed by atoms with van der Waals surface area (Å²) in [6.45, 7) is 2.51. The van der Waals surface area contributed by atoms with Crippen LogP contribution in [0.2, 0.25) is 5.02 Å². The van der Waals surface area contributed by atoms with Crippen LogP contribution < -0.4 is 4.74 Å². The van der Waals surface area contributed by atoms with E-state index in [1.165, 1.54) is 0 Å². The highest BCUT2D eigenvalue weighted by atomic mass is 35.5. The molecule has 0 atom stereocenters. The number of pyridine rings is 1. The molecule has 116 valence electrons. The summed E-state index contributed by atoms with van der Waals surface area (Å²) in [5.41, 5.74) is 2.03. The molecule has 0 saturated heterocycles. The summed E-state index contributed by atoms with van der Waals surface area (Å²) in [5, 5.41) is 10.4. The highest BCUT2D eigenvalue weighted by molar-refractivity contribution is 6.35. The highest BCUT2D eigenvalue weighted by Gasteiger charge is 2.14. The Morgan fingerprint density at radius 1 is 1.22 bits per heavy atom. The molecule has 0 aliphatic carbocycles. The molecule has 0 aliphatic rings. The first kappa shape index (κ1) is 15.3. The van der Waals surface area contributed by atoms with E-state index < -0.39 is 5.97 Å². The zero-order chi connectivity index (χ0) is 16.4. The molecular formula is C18H14ClNO3. The van der Waals surface area contributed by atoms with Crippen molar-refractivity contribution in [3.63, 3.8) is 0 Å². The summed E-state index contributed by atoms with van der Waals surface area (Å²) in [5.74, 6) is -0.250. The van der Waals surface area contributed by atoms with Crippen LogP contribution in [0.3, 0.4) is 0 Å². The average molecular weight is 328 g/mol. The van der Waals surface area contributed by atoms with E-state index in [4.69, 9.17) is 16.3 Å². The molecule has 5 heteroatoms. The molecule has 0 aliphatic heterocycles. The van der Waals surface area contributed by atoms with Gasteiger partial charge in [-0.2, -0.15) is 0 Å².